The Morgan fingerprint density at radius 2 is 1.94 bits per heavy atom. The Morgan fingerprint density at radius 1 is 1.26 bits per heavy atom. The maximum absolute atomic E-state index is 13.6. The van der Waals surface area contributed by atoms with Crippen LogP contribution in [-0.4, -0.2) is 43.1 Å². The summed E-state index contributed by atoms with van der Waals surface area (Å²) in [6.07, 6.45) is 2.49. The highest BCUT2D eigenvalue weighted by Gasteiger charge is 2.61. The van der Waals surface area contributed by atoms with Gasteiger partial charge in [-0.05, 0) is 50.3 Å². The fourth-order valence-electron chi connectivity index (χ4n) is 5.04. The lowest BCUT2D eigenvalue weighted by Crippen LogP contribution is -2.40. The van der Waals surface area contributed by atoms with Gasteiger partial charge in [-0.15, -0.1) is 0 Å². The molecule has 0 spiro atoms. The molecule has 2 saturated carbocycles. The Morgan fingerprint density at radius 3 is 2.60 bits per heavy atom. The number of amides is 1. The number of anilines is 1. The molecular weight excluding hydrogens is 509 g/mol. The second-order valence-electron chi connectivity index (χ2n) is 8.65. The van der Waals surface area contributed by atoms with Crippen LogP contribution >= 0.6 is 11.6 Å². The predicted octanol–water partition coefficient (Wildman–Crippen LogP) is 4.34. The average molecular weight is 531 g/mol. The summed E-state index contributed by atoms with van der Waals surface area (Å²) >= 11 is 6.21. The predicted molar refractivity (Wildman–Crippen MR) is 123 cm³/mol. The fourth-order valence-corrected chi connectivity index (χ4v) is 7.94. The molecule has 0 heterocycles. The van der Waals surface area contributed by atoms with Crippen molar-refractivity contribution >= 4 is 39.2 Å². The molecule has 0 aromatic heterocycles. The maximum atomic E-state index is 13.6. The van der Waals surface area contributed by atoms with Gasteiger partial charge in [0.05, 0.1) is 21.4 Å². The molecule has 0 radical (unpaired) electrons. The Hall–Kier alpha value is -2.63. The van der Waals surface area contributed by atoms with Gasteiger partial charge < -0.3 is 15.3 Å². The summed E-state index contributed by atoms with van der Waals surface area (Å²) in [5.41, 5.74) is -1.94. The molecule has 2 aliphatic carbocycles. The summed E-state index contributed by atoms with van der Waals surface area (Å²) in [7, 11) is -4.10. The van der Waals surface area contributed by atoms with E-state index in [0.29, 0.717) is 31.6 Å². The summed E-state index contributed by atoms with van der Waals surface area (Å²) in [5, 5.41) is 15.9. The Bertz CT molecular complexity index is 1280. The van der Waals surface area contributed by atoms with Crippen molar-refractivity contribution in [2.45, 2.75) is 41.9 Å². The first-order valence-electron chi connectivity index (χ1n) is 10.9. The lowest BCUT2D eigenvalue weighted by Gasteiger charge is -2.28. The van der Waals surface area contributed by atoms with Crippen molar-refractivity contribution in [3.63, 3.8) is 0 Å². The molecule has 2 aromatic carbocycles. The molecule has 2 N–H and O–H groups in total. The molecule has 2 unspecified atom stereocenters. The number of benzene rings is 2. The Labute approximate surface area is 204 Å². The van der Waals surface area contributed by atoms with Crippen molar-refractivity contribution < 1.29 is 36.3 Å². The summed E-state index contributed by atoms with van der Waals surface area (Å²) in [6, 6.07) is 4.76. The topological polar surface area (TPSA) is 105 Å². The summed E-state index contributed by atoms with van der Waals surface area (Å²) < 4.78 is 67.4. The molecule has 4 atom stereocenters. The molecule has 0 aliphatic heterocycles. The largest absolute Gasteiger partial charge is 0.396 e. The standard InChI is InChI=1S/C23H22ClF3N2O5S/c1-2-34-28-11-23(31)10-13-3-5-15(23)21(13)35(32,33)19-7-12(4-6-16(19)24)22(30)29-14-8-17(25)20(27)18(26)9-14/h4,6-9,11,13,15,21,31H,2-3,5,10H2,1H3,(H,29,30)/b28-11+/t13?,15?,21-,23+/m1/s1. The van der Waals surface area contributed by atoms with Gasteiger partial charge in [0.2, 0.25) is 0 Å². The maximum Gasteiger partial charge on any atom is 0.255 e. The molecule has 0 saturated heterocycles. The van der Waals surface area contributed by atoms with E-state index in [9.17, 15) is 31.5 Å². The zero-order valence-electron chi connectivity index (χ0n) is 18.5. The summed E-state index contributed by atoms with van der Waals surface area (Å²) in [6.45, 7) is 2.02. The first-order chi connectivity index (χ1) is 16.5. The number of aliphatic hydroxyl groups is 1. The molecule has 2 fully saturated rings. The first kappa shape index (κ1) is 25.5. The van der Waals surface area contributed by atoms with Crippen LogP contribution in [0.1, 0.15) is 36.5 Å². The minimum atomic E-state index is -4.10. The molecule has 188 valence electrons. The molecule has 4 rings (SSSR count). The summed E-state index contributed by atoms with van der Waals surface area (Å²) in [5.74, 6) is -6.52. The van der Waals surface area contributed by atoms with E-state index < -0.39 is 50.0 Å². The van der Waals surface area contributed by atoms with Gasteiger partial charge >= 0.3 is 0 Å². The number of rotatable bonds is 7. The van der Waals surface area contributed by atoms with Gasteiger partial charge in [-0.1, -0.05) is 16.8 Å². The third-order valence-electron chi connectivity index (χ3n) is 6.52. The molecule has 1 amide bonds. The second kappa shape index (κ2) is 9.44. The monoisotopic (exact) mass is 530 g/mol. The highest BCUT2D eigenvalue weighted by atomic mass is 35.5. The van der Waals surface area contributed by atoms with Crippen LogP contribution < -0.4 is 5.32 Å². The van der Waals surface area contributed by atoms with E-state index in [1.54, 1.807) is 6.92 Å². The zero-order valence-corrected chi connectivity index (χ0v) is 20.0. The van der Waals surface area contributed by atoms with Crippen LogP contribution in [0, 0.1) is 29.3 Å². The minimum Gasteiger partial charge on any atom is -0.396 e. The van der Waals surface area contributed by atoms with Gasteiger partial charge in [-0.2, -0.15) is 0 Å². The third-order valence-corrected chi connectivity index (χ3v) is 9.34. The lowest BCUT2D eigenvalue weighted by atomic mass is 9.85. The highest BCUT2D eigenvalue weighted by molar-refractivity contribution is 7.92. The van der Waals surface area contributed by atoms with Gasteiger partial charge in [0, 0.05) is 29.3 Å². The van der Waals surface area contributed by atoms with Crippen molar-refractivity contribution in [1.29, 1.82) is 0 Å². The molecule has 2 aliphatic rings. The number of nitrogens with one attached hydrogen (secondary N) is 1. The highest BCUT2D eigenvalue weighted by Crippen LogP contribution is 2.54. The molecule has 7 nitrogen and oxygen atoms in total. The number of fused-ring (bicyclic) bond motifs is 2. The van der Waals surface area contributed by atoms with E-state index in [2.05, 4.69) is 10.5 Å². The van der Waals surface area contributed by atoms with E-state index in [0.717, 1.165) is 6.07 Å². The fraction of sp³-hybridized carbons (Fsp3) is 0.391. The van der Waals surface area contributed by atoms with Crippen molar-refractivity contribution in [2.75, 3.05) is 11.9 Å². The van der Waals surface area contributed by atoms with Crippen LogP contribution in [0.2, 0.25) is 5.02 Å². The van der Waals surface area contributed by atoms with Crippen LogP contribution in [0.4, 0.5) is 18.9 Å². The van der Waals surface area contributed by atoms with E-state index in [-0.39, 0.29) is 33.5 Å². The molecule has 12 heteroatoms. The Kier molecular flexibility index (Phi) is 6.87. The van der Waals surface area contributed by atoms with Gasteiger partial charge in [-0.25, -0.2) is 21.6 Å². The quantitative estimate of drug-likeness (QED) is 0.315. The van der Waals surface area contributed by atoms with Crippen LogP contribution in [-0.2, 0) is 14.7 Å². The normalized spacial score (nSPS) is 25.8. The number of nitrogens with zero attached hydrogens (tertiary/aromatic N) is 1. The van der Waals surface area contributed by atoms with Crippen molar-refractivity contribution in [3.05, 3.63) is 58.4 Å². The third kappa shape index (κ3) is 4.64. The number of halogens is 4. The van der Waals surface area contributed by atoms with Crippen molar-refractivity contribution in [1.82, 2.24) is 0 Å². The van der Waals surface area contributed by atoms with Crippen LogP contribution in [0.3, 0.4) is 0 Å². The molecule has 35 heavy (non-hydrogen) atoms. The van der Waals surface area contributed by atoms with E-state index >= 15 is 0 Å². The van der Waals surface area contributed by atoms with E-state index in [1.165, 1.54) is 18.3 Å². The van der Waals surface area contributed by atoms with Crippen molar-refractivity contribution in [3.8, 4) is 0 Å². The smallest absolute Gasteiger partial charge is 0.255 e. The van der Waals surface area contributed by atoms with Gasteiger partial charge in [0.1, 0.15) is 12.2 Å². The number of hydrogen-bond donors (Lipinski definition) is 2. The number of carbonyl (C=O) groups excluding carboxylic acids is 1. The average Bonchev–Trinajstić information content (AvgIpc) is 3.34. The molecule has 2 aromatic rings. The Balaban J connectivity index is 1.63. The lowest BCUT2D eigenvalue weighted by molar-refractivity contribution is 0.0526. The minimum absolute atomic E-state index is 0.113. The first-order valence-corrected chi connectivity index (χ1v) is 12.8. The van der Waals surface area contributed by atoms with Crippen LogP contribution in [0.25, 0.3) is 0 Å². The van der Waals surface area contributed by atoms with Crippen LogP contribution in [0.5, 0.6) is 0 Å². The number of hydrogen-bond acceptors (Lipinski definition) is 6. The second-order valence-corrected chi connectivity index (χ2v) is 11.1. The van der Waals surface area contributed by atoms with Gasteiger partial charge in [-0.3, -0.25) is 4.79 Å². The zero-order chi connectivity index (χ0) is 25.5. The van der Waals surface area contributed by atoms with Gasteiger partial charge in [0.25, 0.3) is 5.91 Å². The molecular formula is C23H22ClF3N2O5S. The number of oxime groups is 1. The van der Waals surface area contributed by atoms with E-state index in [1.807, 2.05) is 0 Å². The van der Waals surface area contributed by atoms with E-state index in [4.69, 9.17) is 16.4 Å². The number of sulfone groups is 1. The number of carbonyl (C=O) groups is 1. The van der Waals surface area contributed by atoms with Crippen molar-refractivity contribution in [2.24, 2.45) is 17.0 Å². The summed E-state index contributed by atoms with van der Waals surface area (Å²) in [4.78, 5) is 17.3. The van der Waals surface area contributed by atoms with Gasteiger partial charge in [0.15, 0.2) is 27.3 Å². The van der Waals surface area contributed by atoms with Crippen LogP contribution in [0.15, 0.2) is 40.4 Å². The SMILES string of the molecule is CCO/N=C/[C@@]1(O)CC2CCC1[C@@H]2S(=O)(=O)c1cc(C(=O)Nc2cc(F)c(F)c(F)c2)ccc1Cl. The molecule has 2 bridgehead atoms.